The van der Waals surface area contributed by atoms with Crippen LogP contribution in [0.3, 0.4) is 0 Å². The van der Waals surface area contributed by atoms with Crippen molar-refractivity contribution in [2.24, 2.45) is 7.05 Å². The maximum atomic E-state index is 12.7. The molecule has 21 heavy (non-hydrogen) atoms. The van der Waals surface area contributed by atoms with Crippen molar-refractivity contribution in [3.05, 3.63) is 50.9 Å². The van der Waals surface area contributed by atoms with Crippen molar-refractivity contribution in [3.63, 3.8) is 0 Å². The number of rotatable bonds is 2. The molecule has 0 amide bonds. The van der Waals surface area contributed by atoms with Crippen molar-refractivity contribution < 1.29 is 9.21 Å². The van der Waals surface area contributed by atoms with Gasteiger partial charge in [-0.3, -0.25) is 9.48 Å². The number of ketones is 1. The van der Waals surface area contributed by atoms with Gasteiger partial charge in [-0.05, 0) is 44.5 Å². The molecule has 0 aliphatic heterocycles. The molecule has 108 valence electrons. The fraction of sp³-hybridized carbons (Fsp3) is 0.250. The number of furan rings is 1. The van der Waals surface area contributed by atoms with Crippen LogP contribution in [0.1, 0.15) is 33.1 Å². The van der Waals surface area contributed by atoms with Crippen molar-refractivity contribution in [3.8, 4) is 0 Å². The molecule has 0 fully saturated rings. The van der Waals surface area contributed by atoms with Crippen LogP contribution in [0.2, 0.25) is 0 Å². The summed E-state index contributed by atoms with van der Waals surface area (Å²) in [4.78, 5) is 12.7. The maximum absolute atomic E-state index is 12.7. The van der Waals surface area contributed by atoms with E-state index in [-0.39, 0.29) is 5.78 Å². The zero-order valence-electron chi connectivity index (χ0n) is 12.3. The second-order valence-corrected chi connectivity index (χ2v) is 6.17. The van der Waals surface area contributed by atoms with Gasteiger partial charge in [0.25, 0.3) is 0 Å². The molecule has 4 nitrogen and oxygen atoms in total. The van der Waals surface area contributed by atoms with E-state index < -0.39 is 0 Å². The Morgan fingerprint density at radius 1 is 1.24 bits per heavy atom. The van der Waals surface area contributed by atoms with Gasteiger partial charge in [-0.15, -0.1) is 0 Å². The number of nitrogens with zero attached hydrogens (tertiary/aromatic N) is 2. The van der Waals surface area contributed by atoms with E-state index in [1.165, 1.54) is 0 Å². The van der Waals surface area contributed by atoms with Gasteiger partial charge >= 0.3 is 0 Å². The Morgan fingerprint density at radius 2 is 1.95 bits per heavy atom. The summed E-state index contributed by atoms with van der Waals surface area (Å²) in [5, 5.41) is 5.21. The zero-order valence-corrected chi connectivity index (χ0v) is 13.9. The van der Waals surface area contributed by atoms with E-state index in [0.29, 0.717) is 11.3 Å². The lowest BCUT2D eigenvalue weighted by Gasteiger charge is -1.98. The summed E-state index contributed by atoms with van der Waals surface area (Å²) in [5.41, 5.74) is 3.93. The second-order valence-electron chi connectivity index (χ2n) is 5.25. The molecule has 0 bridgehead atoms. The summed E-state index contributed by atoms with van der Waals surface area (Å²) in [5.74, 6) is 0.232. The van der Waals surface area contributed by atoms with Crippen molar-refractivity contribution in [2.45, 2.75) is 20.8 Å². The Labute approximate surface area is 130 Å². The minimum absolute atomic E-state index is 0.121. The molecule has 0 saturated carbocycles. The van der Waals surface area contributed by atoms with E-state index in [1.807, 2.05) is 40.0 Å². The molecule has 0 spiro atoms. The van der Waals surface area contributed by atoms with Crippen molar-refractivity contribution in [2.75, 3.05) is 0 Å². The van der Waals surface area contributed by atoms with Gasteiger partial charge in [0, 0.05) is 22.6 Å². The SMILES string of the molecule is Cc1nn(C)c(C)c1C(=O)c1cc2cc(Br)cc(C)c2o1. The molecule has 0 radical (unpaired) electrons. The third-order valence-corrected chi connectivity index (χ3v) is 4.18. The van der Waals surface area contributed by atoms with Gasteiger partial charge in [-0.25, -0.2) is 0 Å². The molecule has 2 heterocycles. The van der Waals surface area contributed by atoms with Crippen molar-refractivity contribution >= 4 is 32.7 Å². The Balaban J connectivity index is 2.16. The highest BCUT2D eigenvalue weighted by Gasteiger charge is 2.22. The quantitative estimate of drug-likeness (QED) is 0.656. The number of halogens is 1. The predicted octanol–water partition coefficient (Wildman–Crippen LogP) is 4.09. The van der Waals surface area contributed by atoms with Gasteiger partial charge in [-0.1, -0.05) is 15.9 Å². The molecule has 0 N–H and O–H groups in total. The third-order valence-electron chi connectivity index (χ3n) is 3.73. The molecule has 2 aromatic heterocycles. The van der Waals surface area contributed by atoms with Crippen molar-refractivity contribution in [1.82, 2.24) is 9.78 Å². The average molecular weight is 347 g/mol. The normalized spacial score (nSPS) is 11.3. The summed E-state index contributed by atoms with van der Waals surface area (Å²) in [6, 6.07) is 5.72. The van der Waals surface area contributed by atoms with Crippen LogP contribution in [0, 0.1) is 20.8 Å². The highest BCUT2D eigenvalue weighted by atomic mass is 79.9. The molecule has 0 aliphatic rings. The van der Waals surface area contributed by atoms with Crippen LogP contribution in [-0.2, 0) is 7.05 Å². The lowest BCUT2D eigenvalue weighted by molar-refractivity contribution is 0.101. The van der Waals surface area contributed by atoms with Crippen LogP contribution in [0.5, 0.6) is 0 Å². The Hall–Kier alpha value is -1.88. The number of hydrogen-bond donors (Lipinski definition) is 0. The first-order valence-electron chi connectivity index (χ1n) is 6.63. The van der Waals surface area contributed by atoms with E-state index in [0.717, 1.165) is 32.4 Å². The van der Waals surface area contributed by atoms with Crippen LogP contribution in [0.4, 0.5) is 0 Å². The summed E-state index contributed by atoms with van der Waals surface area (Å²) in [6.45, 7) is 5.69. The average Bonchev–Trinajstić information content (AvgIpc) is 2.92. The number of carbonyl (C=O) groups is 1. The van der Waals surface area contributed by atoms with Crippen LogP contribution in [0.25, 0.3) is 11.0 Å². The number of carbonyl (C=O) groups excluding carboxylic acids is 1. The van der Waals surface area contributed by atoms with Crippen LogP contribution in [-0.4, -0.2) is 15.6 Å². The molecule has 0 unspecified atom stereocenters. The first-order chi connectivity index (χ1) is 9.88. The van der Waals surface area contributed by atoms with Crippen LogP contribution in [0.15, 0.2) is 27.1 Å². The number of hydrogen-bond acceptors (Lipinski definition) is 3. The topological polar surface area (TPSA) is 48.0 Å². The second kappa shape index (κ2) is 4.84. The zero-order chi connectivity index (χ0) is 15.3. The van der Waals surface area contributed by atoms with Crippen LogP contribution >= 0.6 is 15.9 Å². The number of aryl methyl sites for hydroxylation is 3. The summed E-state index contributed by atoms with van der Waals surface area (Å²) >= 11 is 3.46. The summed E-state index contributed by atoms with van der Waals surface area (Å²) in [6.07, 6.45) is 0. The largest absolute Gasteiger partial charge is 0.452 e. The van der Waals surface area contributed by atoms with E-state index in [2.05, 4.69) is 21.0 Å². The molecule has 0 aliphatic carbocycles. The fourth-order valence-electron chi connectivity index (χ4n) is 2.62. The number of benzene rings is 1. The Kier molecular flexibility index (Phi) is 3.24. The number of fused-ring (bicyclic) bond motifs is 1. The van der Waals surface area contributed by atoms with Gasteiger partial charge in [-0.2, -0.15) is 5.10 Å². The highest BCUT2D eigenvalue weighted by Crippen LogP contribution is 2.29. The first-order valence-corrected chi connectivity index (χ1v) is 7.42. The molecule has 1 aromatic carbocycles. The van der Waals surface area contributed by atoms with E-state index in [1.54, 1.807) is 10.7 Å². The Bertz CT molecular complexity index is 874. The third kappa shape index (κ3) is 2.21. The number of aromatic nitrogens is 2. The molecule has 3 rings (SSSR count). The van der Waals surface area contributed by atoms with E-state index in [9.17, 15) is 4.79 Å². The van der Waals surface area contributed by atoms with Crippen molar-refractivity contribution in [1.29, 1.82) is 0 Å². The van der Waals surface area contributed by atoms with E-state index in [4.69, 9.17) is 4.42 Å². The fourth-order valence-corrected chi connectivity index (χ4v) is 3.21. The summed E-state index contributed by atoms with van der Waals surface area (Å²) in [7, 11) is 1.83. The summed E-state index contributed by atoms with van der Waals surface area (Å²) < 4.78 is 8.47. The monoisotopic (exact) mass is 346 g/mol. The molecule has 0 atom stereocenters. The van der Waals surface area contributed by atoms with E-state index >= 15 is 0 Å². The smallest absolute Gasteiger partial charge is 0.231 e. The standard InChI is InChI=1S/C16H15BrN2O2/c1-8-5-12(17)6-11-7-13(21-16(8)11)15(20)14-9(2)18-19(4)10(14)3/h5-7H,1-4H3. The maximum Gasteiger partial charge on any atom is 0.231 e. The molecule has 5 heteroatoms. The lowest BCUT2D eigenvalue weighted by Crippen LogP contribution is -2.03. The predicted molar refractivity (Wildman–Crippen MR) is 84.8 cm³/mol. The van der Waals surface area contributed by atoms with Gasteiger partial charge < -0.3 is 4.42 Å². The van der Waals surface area contributed by atoms with Gasteiger partial charge in [0.05, 0.1) is 11.3 Å². The Morgan fingerprint density at radius 3 is 2.57 bits per heavy atom. The van der Waals surface area contributed by atoms with Gasteiger partial charge in [0.15, 0.2) is 5.76 Å². The first kappa shape index (κ1) is 14.1. The lowest BCUT2D eigenvalue weighted by atomic mass is 10.1. The van der Waals surface area contributed by atoms with Gasteiger partial charge in [0.2, 0.25) is 5.78 Å². The molecule has 0 saturated heterocycles. The minimum atomic E-state index is -0.121. The molecule has 3 aromatic rings. The van der Waals surface area contributed by atoms with Crippen LogP contribution < -0.4 is 0 Å². The molecular formula is C16H15BrN2O2. The molecular weight excluding hydrogens is 332 g/mol. The van der Waals surface area contributed by atoms with Gasteiger partial charge in [0.1, 0.15) is 5.58 Å². The highest BCUT2D eigenvalue weighted by molar-refractivity contribution is 9.10. The minimum Gasteiger partial charge on any atom is -0.452 e.